The van der Waals surface area contributed by atoms with Gasteiger partial charge in [0.25, 0.3) is 0 Å². The van der Waals surface area contributed by atoms with Gasteiger partial charge in [-0.25, -0.2) is 0 Å². The summed E-state index contributed by atoms with van der Waals surface area (Å²) in [5, 5.41) is 4.77. The Kier molecular flexibility index (Phi) is 4.91. The molecule has 0 bridgehead atoms. The summed E-state index contributed by atoms with van der Waals surface area (Å²) < 4.78 is 5.44. The van der Waals surface area contributed by atoms with Crippen molar-refractivity contribution >= 4 is 16.6 Å². The molecule has 1 fully saturated rings. The van der Waals surface area contributed by atoms with Crippen molar-refractivity contribution in [3.05, 3.63) is 71.9 Å². The molecule has 2 heterocycles. The van der Waals surface area contributed by atoms with E-state index in [9.17, 15) is 0 Å². The zero-order valence-electron chi connectivity index (χ0n) is 14.3. The van der Waals surface area contributed by atoms with Crippen LogP contribution in [-0.4, -0.2) is 36.2 Å². The van der Waals surface area contributed by atoms with Crippen LogP contribution in [0.1, 0.15) is 11.1 Å². The van der Waals surface area contributed by atoms with Gasteiger partial charge in [-0.2, -0.15) is 0 Å². The van der Waals surface area contributed by atoms with Gasteiger partial charge >= 0.3 is 0 Å². The van der Waals surface area contributed by atoms with Crippen LogP contribution in [0.3, 0.4) is 0 Å². The van der Waals surface area contributed by atoms with Crippen molar-refractivity contribution in [3.63, 3.8) is 0 Å². The summed E-state index contributed by atoms with van der Waals surface area (Å²) in [6, 6.07) is 19.0. The quantitative estimate of drug-likeness (QED) is 0.773. The Balaban J connectivity index is 1.46. The second-order valence-electron chi connectivity index (χ2n) is 6.44. The molecule has 4 rings (SSSR count). The number of hydrogen-bond donors (Lipinski definition) is 1. The molecule has 0 saturated carbocycles. The predicted octanol–water partition coefficient (Wildman–Crippen LogP) is 3.68. The lowest BCUT2D eigenvalue weighted by Crippen LogP contribution is -2.35. The molecule has 0 radical (unpaired) electrons. The van der Waals surface area contributed by atoms with E-state index < -0.39 is 0 Å². The third-order valence-corrected chi connectivity index (χ3v) is 4.65. The van der Waals surface area contributed by atoms with E-state index in [1.807, 2.05) is 18.3 Å². The van der Waals surface area contributed by atoms with Crippen molar-refractivity contribution in [2.45, 2.75) is 13.1 Å². The monoisotopic (exact) mass is 333 g/mol. The normalized spacial score (nSPS) is 15.4. The zero-order chi connectivity index (χ0) is 16.9. The molecule has 1 aromatic heterocycles. The van der Waals surface area contributed by atoms with Crippen molar-refractivity contribution in [3.8, 4) is 0 Å². The van der Waals surface area contributed by atoms with Gasteiger partial charge in [-0.1, -0.05) is 36.4 Å². The minimum atomic E-state index is 0.776. The summed E-state index contributed by atoms with van der Waals surface area (Å²) in [6.07, 6.45) is 1.96. The molecular weight excluding hydrogens is 310 g/mol. The van der Waals surface area contributed by atoms with E-state index in [-0.39, 0.29) is 0 Å². The molecule has 2 aromatic carbocycles. The SMILES string of the molecule is c1ccc(NCc2cnc3ccccc3c2)c(CN2CCOCC2)c1. The fourth-order valence-corrected chi connectivity index (χ4v) is 3.24. The molecule has 4 heteroatoms. The van der Waals surface area contributed by atoms with Crippen LogP contribution in [0, 0.1) is 0 Å². The highest BCUT2D eigenvalue weighted by Crippen LogP contribution is 2.20. The maximum atomic E-state index is 5.44. The standard InChI is InChI=1S/C21H23N3O/c1-3-7-20-18(5-1)13-17(14-22-20)15-23-21-8-4-2-6-19(21)16-24-9-11-25-12-10-24/h1-8,13-14,23H,9-12,15-16H2. The van der Waals surface area contributed by atoms with E-state index in [1.165, 1.54) is 22.2 Å². The summed E-state index contributed by atoms with van der Waals surface area (Å²) in [7, 11) is 0. The summed E-state index contributed by atoms with van der Waals surface area (Å²) in [4.78, 5) is 6.99. The third-order valence-electron chi connectivity index (χ3n) is 4.65. The number of aromatic nitrogens is 1. The second kappa shape index (κ2) is 7.64. The summed E-state index contributed by atoms with van der Waals surface area (Å²) >= 11 is 0. The number of morpholine rings is 1. The molecule has 4 nitrogen and oxygen atoms in total. The highest BCUT2D eigenvalue weighted by Gasteiger charge is 2.12. The number of ether oxygens (including phenoxy) is 1. The first-order chi connectivity index (χ1) is 12.4. The summed E-state index contributed by atoms with van der Waals surface area (Å²) in [5.74, 6) is 0. The van der Waals surface area contributed by atoms with Crippen molar-refractivity contribution in [2.75, 3.05) is 31.6 Å². The van der Waals surface area contributed by atoms with Gasteiger partial charge in [-0.3, -0.25) is 9.88 Å². The first-order valence-corrected chi connectivity index (χ1v) is 8.84. The van der Waals surface area contributed by atoms with Crippen LogP contribution >= 0.6 is 0 Å². The summed E-state index contributed by atoms with van der Waals surface area (Å²) in [5.41, 5.74) is 4.76. The molecule has 0 atom stereocenters. The zero-order valence-corrected chi connectivity index (χ0v) is 14.3. The van der Waals surface area contributed by atoms with Crippen LogP contribution in [0.4, 0.5) is 5.69 Å². The molecule has 1 saturated heterocycles. The van der Waals surface area contributed by atoms with Crippen molar-refractivity contribution in [1.29, 1.82) is 0 Å². The third kappa shape index (κ3) is 3.98. The molecule has 128 valence electrons. The van der Waals surface area contributed by atoms with Crippen LogP contribution < -0.4 is 5.32 Å². The molecule has 1 aliphatic rings. The Morgan fingerprint density at radius 3 is 2.72 bits per heavy atom. The molecule has 3 aromatic rings. The van der Waals surface area contributed by atoms with E-state index in [0.29, 0.717) is 0 Å². The van der Waals surface area contributed by atoms with E-state index in [2.05, 4.69) is 57.7 Å². The minimum absolute atomic E-state index is 0.776. The van der Waals surface area contributed by atoms with Gasteiger partial charge < -0.3 is 10.1 Å². The number of para-hydroxylation sites is 2. The lowest BCUT2D eigenvalue weighted by atomic mass is 10.1. The molecular formula is C21H23N3O. The van der Waals surface area contributed by atoms with E-state index in [0.717, 1.165) is 44.9 Å². The van der Waals surface area contributed by atoms with Gasteiger partial charge in [0.2, 0.25) is 0 Å². The number of rotatable bonds is 5. The van der Waals surface area contributed by atoms with E-state index in [4.69, 9.17) is 4.74 Å². The number of pyridine rings is 1. The molecule has 0 spiro atoms. The first-order valence-electron chi connectivity index (χ1n) is 8.84. The number of benzene rings is 2. The number of fused-ring (bicyclic) bond motifs is 1. The van der Waals surface area contributed by atoms with Crippen molar-refractivity contribution in [1.82, 2.24) is 9.88 Å². The van der Waals surface area contributed by atoms with Gasteiger partial charge in [0.05, 0.1) is 18.7 Å². The van der Waals surface area contributed by atoms with Gasteiger partial charge in [0.1, 0.15) is 0 Å². The highest BCUT2D eigenvalue weighted by atomic mass is 16.5. The molecule has 0 aliphatic carbocycles. The second-order valence-corrected chi connectivity index (χ2v) is 6.44. The molecule has 0 unspecified atom stereocenters. The van der Waals surface area contributed by atoms with Crippen LogP contribution in [0.25, 0.3) is 10.9 Å². The molecule has 25 heavy (non-hydrogen) atoms. The number of nitrogens with zero attached hydrogens (tertiary/aromatic N) is 2. The molecule has 1 aliphatic heterocycles. The van der Waals surface area contributed by atoms with Gasteiger partial charge in [-0.15, -0.1) is 0 Å². The number of anilines is 1. The van der Waals surface area contributed by atoms with Gasteiger partial charge in [0.15, 0.2) is 0 Å². The lowest BCUT2D eigenvalue weighted by Gasteiger charge is -2.27. The average molecular weight is 333 g/mol. The molecule has 0 amide bonds. The van der Waals surface area contributed by atoms with Crippen LogP contribution in [0.15, 0.2) is 60.8 Å². The smallest absolute Gasteiger partial charge is 0.0702 e. The average Bonchev–Trinajstić information content (AvgIpc) is 2.68. The Labute approximate surface area is 148 Å². The van der Waals surface area contributed by atoms with Crippen LogP contribution in [0.2, 0.25) is 0 Å². The Morgan fingerprint density at radius 1 is 1.00 bits per heavy atom. The van der Waals surface area contributed by atoms with Crippen molar-refractivity contribution < 1.29 is 4.74 Å². The fraction of sp³-hybridized carbons (Fsp3) is 0.286. The number of hydrogen-bond acceptors (Lipinski definition) is 4. The largest absolute Gasteiger partial charge is 0.381 e. The number of nitrogens with one attached hydrogen (secondary N) is 1. The predicted molar refractivity (Wildman–Crippen MR) is 102 cm³/mol. The van der Waals surface area contributed by atoms with Crippen molar-refractivity contribution in [2.24, 2.45) is 0 Å². The maximum absolute atomic E-state index is 5.44. The van der Waals surface area contributed by atoms with Gasteiger partial charge in [-0.05, 0) is 29.3 Å². The summed E-state index contributed by atoms with van der Waals surface area (Å²) in [6.45, 7) is 5.41. The lowest BCUT2D eigenvalue weighted by molar-refractivity contribution is 0.0342. The van der Waals surface area contributed by atoms with Crippen LogP contribution in [0.5, 0.6) is 0 Å². The Hall–Kier alpha value is -2.43. The maximum Gasteiger partial charge on any atom is 0.0702 e. The van der Waals surface area contributed by atoms with Gasteiger partial charge in [0, 0.05) is 43.4 Å². The molecule has 1 N–H and O–H groups in total. The topological polar surface area (TPSA) is 37.4 Å². The highest BCUT2D eigenvalue weighted by molar-refractivity contribution is 5.78. The Morgan fingerprint density at radius 2 is 1.80 bits per heavy atom. The van der Waals surface area contributed by atoms with E-state index >= 15 is 0 Å². The fourth-order valence-electron chi connectivity index (χ4n) is 3.24. The first kappa shape index (κ1) is 16.1. The minimum Gasteiger partial charge on any atom is -0.381 e. The van der Waals surface area contributed by atoms with Crippen LogP contribution in [-0.2, 0) is 17.8 Å². The van der Waals surface area contributed by atoms with E-state index in [1.54, 1.807) is 0 Å². The Bertz CT molecular complexity index is 843.